The summed E-state index contributed by atoms with van der Waals surface area (Å²) >= 11 is 0. The molecule has 6 heteroatoms. The van der Waals surface area contributed by atoms with Gasteiger partial charge in [-0.15, -0.1) is 0 Å². The lowest BCUT2D eigenvalue weighted by Gasteiger charge is -2.11. The SMILES string of the molecule is C=N/C=C\N=C1\C=CC(c2cc(C=O)nn2-c2cccc(C)n2)=CC1. The fourth-order valence-corrected chi connectivity index (χ4v) is 2.48. The van der Waals surface area contributed by atoms with Crippen LogP contribution in [-0.2, 0) is 0 Å². The van der Waals surface area contributed by atoms with Crippen LogP contribution in [0.1, 0.15) is 28.3 Å². The summed E-state index contributed by atoms with van der Waals surface area (Å²) < 4.78 is 1.69. The molecular formula is C19H17N5O. The Labute approximate surface area is 145 Å². The van der Waals surface area contributed by atoms with Gasteiger partial charge in [-0.25, -0.2) is 9.67 Å². The van der Waals surface area contributed by atoms with Gasteiger partial charge in [-0.3, -0.25) is 14.8 Å². The summed E-state index contributed by atoms with van der Waals surface area (Å²) in [4.78, 5) is 23.6. The molecule has 0 aromatic carbocycles. The molecule has 1 aliphatic rings. The number of aromatic nitrogens is 3. The van der Waals surface area contributed by atoms with E-state index >= 15 is 0 Å². The number of rotatable bonds is 5. The zero-order chi connectivity index (χ0) is 17.6. The van der Waals surface area contributed by atoms with Crippen molar-refractivity contribution in [1.82, 2.24) is 14.8 Å². The molecule has 0 unspecified atom stereocenters. The van der Waals surface area contributed by atoms with Crippen molar-refractivity contribution in [2.24, 2.45) is 9.98 Å². The van der Waals surface area contributed by atoms with E-state index < -0.39 is 0 Å². The summed E-state index contributed by atoms with van der Waals surface area (Å²) in [5.74, 6) is 0.678. The quantitative estimate of drug-likeness (QED) is 0.623. The maximum Gasteiger partial charge on any atom is 0.170 e. The highest BCUT2D eigenvalue weighted by Gasteiger charge is 2.15. The first-order valence-corrected chi connectivity index (χ1v) is 7.76. The number of carbonyl (C=O) groups excluding carboxylic acids is 1. The van der Waals surface area contributed by atoms with Crippen LogP contribution in [0.15, 0.2) is 64.9 Å². The van der Waals surface area contributed by atoms with Crippen LogP contribution in [0.25, 0.3) is 11.4 Å². The van der Waals surface area contributed by atoms with Gasteiger partial charge in [-0.2, -0.15) is 5.10 Å². The van der Waals surface area contributed by atoms with Crippen molar-refractivity contribution in [1.29, 1.82) is 0 Å². The van der Waals surface area contributed by atoms with Crippen LogP contribution in [0.3, 0.4) is 0 Å². The largest absolute Gasteiger partial charge is 0.296 e. The molecule has 6 nitrogen and oxygen atoms in total. The molecule has 0 bridgehead atoms. The van der Waals surface area contributed by atoms with E-state index in [1.807, 2.05) is 43.4 Å². The van der Waals surface area contributed by atoms with Gasteiger partial charge in [-0.05, 0) is 43.5 Å². The summed E-state index contributed by atoms with van der Waals surface area (Å²) in [5.41, 5.74) is 3.95. The molecule has 0 saturated heterocycles. The topological polar surface area (TPSA) is 72.5 Å². The van der Waals surface area contributed by atoms with Crippen molar-refractivity contribution >= 4 is 24.3 Å². The fraction of sp³-hybridized carbons (Fsp3) is 0.105. The zero-order valence-corrected chi connectivity index (χ0v) is 13.8. The Morgan fingerprint density at radius 3 is 2.84 bits per heavy atom. The molecular weight excluding hydrogens is 314 g/mol. The Kier molecular flexibility index (Phi) is 4.89. The molecule has 0 aliphatic heterocycles. The Bertz CT molecular complexity index is 931. The number of aliphatic imine (C=N–C) groups is 2. The first kappa shape index (κ1) is 16.4. The average molecular weight is 331 g/mol. The first-order valence-electron chi connectivity index (χ1n) is 7.76. The summed E-state index contributed by atoms with van der Waals surface area (Å²) in [6, 6.07) is 7.46. The summed E-state index contributed by atoms with van der Waals surface area (Å²) in [7, 11) is 0. The highest BCUT2D eigenvalue weighted by Crippen LogP contribution is 2.23. The number of carbonyl (C=O) groups is 1. The minimum atomic E-state index is 0.368. The van der Waals surface area contributed by atoms with Crippen LogP contribution in [0, 0.1) is 6.92 Å². The monoisotopic (exact) mass is 331 g/mol. The molecule has 0 spiro atoms. The minimum Gasteiger partial charge on any atom is -0.296 e. The van der Waals surface area contributed by atoms with Crippen LogP contribution in [0.5, 0.6) is 0 Å². The van der Waals surface area contributed by atoms with E-state index in [0.29, 0.717) is 17.9 Å². The van der Waals surface area contributed by atoms with Crippen molar-refractivity contribution in [2.75, 3.05) is 0 Å². The van der Waals surface area contributed by atoms with E-state index in [9.17, 15) is 4.79 Å². The van der Waals surface area contributed by atoms with Gasteiger partial charge in [0.2, 0.25) is 0 Å². The standard InChI is InChI=1S/C19H17N5O/c1-14-4-3-5-19(22-14)24-18(12-17(13-25)23-24)15-6-8-16(9-7-15)21-11-10-20-2/h3-8,10-13H,2,9H2,1H3/b11-10-,21-16-. The van der Waals surface area contributed by atoms with Gasteiger partial charge in [0.05, 0.1) is 5.69 Å². The van der Waals surface area contributed by atoms with Gasteiger partial charge in [0.25, 0.3) is 0 Å². The van der Waals surface area contributed by atoms with Crippen molar-refractivity contribution in [3.63, 3.8) is 0 Å². The third-order valence-corrected chi connectivity index (χ3v) is 3.63. The first-order chi connectivity index (χ1) is 12.2. The van der Waals surface area contributed by atoms with E-state index in [1.54, 1.807) is 16.9 Å². The second-order valence-electron chi connectivity index (χ2n) is 5.42. The Morgan fingerprint density at radius 2 is 2.16 bits per heavy atom. The van der Waals surface area contributed by atoms with Crippen LogP contribution in [0.2, 0.25) is 0 Å². The highest BCUT2D eigenvalue weighted by molar-refractivity contribution is 6.02. The van der Waals surface area contributed by atoms with E-state index in [1.165, 1.54) is 6.20 Å². The van der Waals surface area contributed by atoms with Gasteiger partial charge in [0, 0.05) is 30.2 Å². The maximum absolute atomic E-state index is 11.2. The van der Waals surface area contributed by atoms with Crippen LogP contribution >= 0.6 is 0 Å². The summed E-state index contributed by atoms with van der Waals surface area (Å²) in [5, 5.41) is 4.35. The maximum atomic E-state index is 11.2. The van der Waals surface area contributed by atoms with Crippen LogP contribution in [-0.4, -0.2) is 33.5 Å². The predicted octanol–water partition coefficient (Wildman–Crippen LogP) is 3.34. The number of aldehydes is 1. The number of nitrogens with zero attached hydrogens (tertiary/aromatic N) is 5. The lowest BCUT2D eigenvalue weighted by molar-refractivity contribution is 0.111. The number of allylic oxidation sites excluding steroid dienone is 4. The predicted molar refractivity (Wildman–Crippen MR) is 99.3 cm³/mol. The van der Waals surface area contributed by atoms with Gasteiger partial charge in [0.1, 0.15) is 5.69 Å². The number of hydrogen-bond donors (Lipinski definition) is 0. The molecule has 2 aromatic rings. The van der Waals surface area contributed by atoms with Gasteiger partial charge >= 0.3 is 0 Å². The number of pyridine rings is 1. The number of hydrogen-bond acceptors (Lipinski definition) is 5. The van der Waals surface area contributed by atoms with E-state index in [2.05, 4.69) is 26.8 Å². The number of aryl methyl sites for hydroxylation is 1. The minimum absolute atomic E-state index is 0.368. The van der Waals surface area contributed by atoms with Gasteiger partial charge in [-0.1, -0.05) is 18.2 Å². The molecule has 0 saturated carbocycles. The molecule has 0 N–H and O–H groups in total. The molecule has 2 heterocycles. The third-order valence-electron chi connectivity index (χ3n) is 3.63. The van der Waals surface area contributed by atoms with Gasteiger partial charge in [0.15, 0.2) is 12.1 Å². The Balaban J connectivity index is 1.96. The van der Waals surface area contributed by atoms with Crippen LogP contribution in [0.4, 0.5) is 0 Å². The normalized spacial score (nSPS) is 15.6. The molecule has 0 amide bonds. The lowest BCUT2D eigenvalue weighted by atomic mass is 10.0. The van der Waals surface area contributed by atoms with E-state index in [0.717, 1.165) is 29.0 Å². The van der Waals surface area contributed by atoms with Crippen LogP contribution < -0.4 is 0 Å². The molecule has 0 atom stereocenters. The second-order valence-corrected chi connectivity index (χ2v) is 5.42. The zero-order valence-electron chi connectivity index (χ0n) is 13.8. The third kappa shape index (κ3) is 3.74. The highest BCUT2D eigenvalue weighted by atomic mass is 16.1. The second kappa shape index (κ2) is 7.44. The molecule has 1 aliphatic carbocycles. The van der Waals surface area contributed by atoms with Gasteiger partial charge < -0.3 is 0 Å². The average Bonchev–Trinajstić information content (AvgIpc) is 3.07. The van der Waals surface area contributed by atoms with Crippen molar-refractivity contribution < 1.29 is 4.79 Å². The Hall–Kier alpha value is -3.41. The van der Waals surface area contributed by atoms with E-state index in [-0.39, 0.29) is 0 Å². The molecule has 0 radical (unpaired) electrons. The molecule has 2 aromatic heterocycles. The smallest absolute Gasteiger partial charge is 0.170 e. The van der Waals surface area contributed by atoms with E-state index in [4.69, 9.17) is 0 Å². The molecule has 0 fully saturated rings. The summed E-state index contributed by atoms with van der Waals surface area (Å²) in [6.07, 6.45) is 10.5. The lowest BCUT2D eigenvalue weighted by Crippen LogP contribution is -2.06. The van der Waals surface area contributed by atoms with Crippen molar-refractivity contribution in [3.05, 3.63) is 72.0 Å². The molecule has 25 heavy (non-hydrogen) atoms. The molecule has 3 rings (SSSR count). The summed E-state index contributed by atoms with van der Waals surface area (Å²) in [6.45, 7) is 5.29. The van der Waals surface area contributed by atoms with Crippen molar-refractivity contribution in [3.8, 4) is 5.82 Å². The fourth-order valence-electron chi connectivity index (χ4n) is 2.48. The molecule has 124 valence electrons. The Morgan fingerprint density at radius 1 is 1.28 bits per heavy atom. The van der Waals surface area contributed by atoms with Crippen molar-refractivity contribution in [2.45, 2.75) is 13.3 Å².